The number of ether oxygens (including phenoxy) is 3. The highest BCUT2D eigenvalue weighted by atomic mass is 35.5. The van der Waals surface area contributed by atoms with Crippen molar-refractivity contribution < 1.29 is 28.6 Å². The first-order chi connectivity index (χ1) is 15.0. The fourth-order valence-corrected chi connectivity index (χ4v) is 5.10. The molecule has 0 unspecified atom stereocenters. The monoisotopic (exact) mass is 462 g/mol. The van der Waals surface area contributed by atoms with Crippen molar-refractivity contribution in [2.45, 2.75) is 25.0 Å². The molecule has 0 spiro atoms. The molecule has 2 aromatic rings. The van der Waals surface area contributed by atoms with Crippen LogP contribution < -0.4 is 14.5 Å². The van der Waals surface area contributed by atoms with Gasteiger partial charge in [0.1, 0.15) is 31.1 Å². The number of carbonyl (C=O) groups is 3. The molecule has 3 aliphatic heterocycles. The minimum Gasteiger partial charge on any atom is -0.489 e. The van der Waals surface area contributed by atoms with Gasteiger partial charge in [-0.15, -0.1) is 11.3 Å². The van der Waals surface area contributed by atoms with Crippen LogP contribution in [0.1, 0.15) is 22.5 Å². The molecule has 0 saturated carbocycles. The third kappa shape index (κ3) is 3.77. The van der Waals surface area contributed by atoms with Gasteiger partial charge in [0.05, 0.1) is 21.5 Å². The summed E-state index contributed by atoms with van der Waals surface area (Å²) in [6.07, 6.45) is -0.244. The quantitative estimate of drug-likeness (QED) is 0.632. The van der Waals surface area contributed by atoms with Gasteiger partial charge in [0.15, 0.2) is 5.78 Å². The first-order valence-corrected chi connectivity index (χ1v) is 11.1. The molecule has 5 rings (SSSR count). The number of anilines is 2. The lowest BCUT2D eigenvalue weighted by Gasteiger charge is -2.33. The minimum absolute atomic E-state index is 0.0247. The fourth-order valence-electron chi connectivity index (χ4n) is 4.09. The van der Waals surface area contributed by atoms with Gasteiger partial charge >= 0.3 is 6.09 Å². The van der Waals surface area contributed by atoms with E-state index in [1.807, 2.05) is 0 Å². The molecule has 31 heavy (non-hydrogen) atoms. The molecule has 162 valence electrons. The van der Waals surface area contributed by atoms with Gasteiger partial charge in [-0.25, -0.2) is 4.79 Å². The molecular weight excluding hydrogens is 444 g/mol. The van der Waals surface area contributed by atoms with E-state index in [0.717, 1.165) is 0 Å². The molecule has 1 aromatic carbocycles. The number of ketones is 1. The zero-order valence-corrected chi connectivity index (χ0v) is 18.0. The largest absolute Gasteiger partial charge is 0.489 e. The van der Waals surface area contributed by atoms with Crippen LogP contribution in [0.15, 0.2) is 30.3 Å². The zero-order valence-electron chi connectivity index (χ0n) is 16.4. The van der Waals surface area contributed by atoms with Gasteiger partial charge < -0.3 is 19.1 Å². The Balaban J connectivity index is 1.30. The number of rotatable bonds is 5. The van der Waals surface area contributed by atoms with Crippen LogP contribution in [0.3, 0.4) is 0 Å². The van der Waals surface area contributed by atoms with Crippen molar-refractivity contribution in [2.75, 3.05) is 36.2 Å². The topological polar surface area (TPSA) is 85.4 Å². The predicted molar refractivity (Wildman–Crippen MR) is 115 cm³/mol. The van der Waals surface area contributed by atoms with Crippen molar-refractivity contribution in [2.24, 2.45) is 0 Å². The number of halogens is 1. The molecule has 3 aliphatic rings. The van der Waals surface area contributed by atoms with Crippen molar-refractivity contribution in [1.29, 1.82) is 0 Å². The normalized spacial score (nSPS) is 22.6. The molecule has 8 nitrogen and oxygen atoms in total. The van der Waals surface area contributed by atoms with E-state index in [-0.39, 0.29) is 37.4 Å². The Kier molecular flexibility index (Phi) is 5.33. The number of hydrogen-bond acceptors (Lipinski definition) is 7. The first-order valence-electron chi connectivity index (χ1n) is 9.94. The SMILES string of the molecule is O=C(CC[C@@H]1OC(=O)N2c3ccc(N4CCOCC4=O)cc3OC[C@H]12)c1ccc(Cl)s1. The third-order valence-electron chi connectivity index (χ3n) is 5.62. The van der Waals surface area contributed by atoms with Crippen LogP contribution in [-0.4, -0.2) is 56.3 Å². The van der Waals surface area contributed by atoms with Crippen LogP contribution in [0.25, 0.3) is 0 Å². The Morgan fingerprint density at radius 1 is 1.23 bits per heavy atom. The van der Waals surface area contributed by atoms with Gasteiger partial charge in [0.2, 0.25) is 0 Å². The van der Waals surface area contributed by atoms with Crippen molar-refractivity contribution >= 4 is 52.1 Å². The highest BCUT2D eigenvalue weighted by Crippen LogP contribution is 2.42. The summed E-state index contributed by atoms with van der Waals surface area (Å²) in [6, 6.07) is 8.41. The van der Waals surface area contributed by atoms with Crippen LogP contribution in [-0.2, 0) is 14.3 Å². The summed E-state index contributed by atoms with van der Waals surface area (Å²) >= 11 is 7.15. The third-order valence-corrected chi connectivity index (χ3v) is 6.90. The molecule has 2 saturated heterocycles. The van der Waals surface area contributed by atoms with Gasteiger partial charge in [-0.05, 0) is 30.7 Å². The summed E-state index contributed by atoms with van der Waals surface area (Å²) in [5.41, 5.74) is 1.30. The van der Waals surface area contributed by atoms with Crippen LogP contribution >= 0.6 is 22.9 Å². The van der Waals surface area contributed by atoms with E-state index in [0.29, 0.717) is 45.9 Å². The van der Waals surface area contributed by atoms with Crippen molar-refractivity contribution in [3.63, 3.8) is 0 Å². The summed E-state index contributed by atoms with van der Waals surface area (Å²) in [4.78, 5) is 40.9. The number of Topliss-reactive ketones (excluding diaryl/α,β-unsaturated/α-hetero) is 1. The van der Waals surface area contributed by atoms with Crippen molar-refractivity contribution in [3.8, 4) is 5.75 Å². The van der Waals surface area contributed by atoms with E-state index in [9.17, 15) is 14.4 Å². The molecule has 0 radical (unpaired) electrons. The van der Waals surface area contributed by atoms with Gasteiger partial charge in [0.25, 0.3) is 5.91 Å². The molecule has 1 aromatic heterocycles. The van der Waals surface area contributed by atoms with Gasteiger partial charge in [-0.3, -0.25) is 14.5 Å². The molecule has 4 heterocycles. The Morgan fingerprint density at radius 3 is 2.87 bits per heavy atom. The lowest BCUT2D eigenvalue weighted by atomic mass is 10.0. The number of cyclic esters (lactones) is 1. The Bertz CT molecular complexity index is 1060. The summed E-state index contributed by atoms with van der Waals surface area (Å²) in [5, 5.41) is 0. The molecule has 0 aliphatic carbocycles. The molecular formula is C21H19ClN2O6S. The molecule has 0 N–H and O–H groups in total. The maximum absolute atomic E-state index is 12.6. The lowest BCUT2D eigenvalue weighted by molar-refractivity contribution is -0.125. The van der Waals surface area contributed by atoms with Crippen LogP contribution in [0.4, 0.5) is 16.2 Å². The summed E-state index contributed by atoms with van der Waals surface area (Å²) in [7, 11) is 0. The number of thiophene rings is 1. The minimum atomic E-state index is -0.457. The number of fused-ring (bicyclic) bond motifs is 3. The average Bonchev–Trinajstić information content (AvgIpc) is 3.35. The zero-order chi connectivity index (χ0) is 21.5. The van der Waals surface area contributed by atoms with E-state index in [2.05, 4.69) is 0 Å². The summed E-state index contributed by atoms with van der Waals surface area (Å²) in [5.74, 6) is 0.385. The second-order valence-corrected chi connectivity index (χ2v) is 9.20. The number of amides is 2. The smallest absolute Gasteiger partial charge is 0.415 e. The van der Waals surface area contributed by atoms with Crippen LogP contribution in [0, 0.1) is 0 Å². The van der Waals surface area contributed by atoms with E-state index in [1.165, 1.54) is 11.3 Å². The lowest BCUT2D eigenvalue weighted by Crippen LogP contribution is -2.45. The Morgan fingerprint density at radius 2 is 2.10 bits per heavy atom. The van der Waals surface area contributed by atoms with Gasteiger partial charge in [0, 0.05) is 24.7 Å². The van der Waals surface area contributed by atoms with Crippen molar-refractivity contribution in [1.82, 2.24) is 0 Å². The molecule has 10 heteroatoms. The van der Waals surface area contributed by atoms with E-state index >= 15 is 0 Å². The standard InChI is InChI=1S/C21H19ClN2O6S/c22-19-6-5-18(31-19)15(25)3-4-16-14-10-29-17-9-12(23-7-8-28-11-20(23)26)1-2-13(17)24(14)21(27)30-16/h1-2,5-6,9,14,16H,3-4,7-8,10-11H2/t14-,16+/m1/s1. The van der Waals surface area contributed by atoms with E-state index in [4.69, 9.17) is 25.8 Å². The molecule has 2 atom stereocenters. The number of hydrogen-bond donors (Lipinski definition) is 0. The average molecular weight is 463 g/mol. The maximum atomic E-state index is 12.6. The van der Waals surface area contributed by atoms with Crippen molar-refractivity contribution in [3.05, 3.63) is 39.5 Å². The second kappa shape index (κ2) is 8.14. The van der Waals surface area contributed by atoms with Gasteiger partial charge in [-0.2, -0.15) is 0 Å². The maximum Gasteiger partial charge on any atom is 0.415 e. The number of nitrogens with zero attached hydrogens (tertiary/aromatic N) is 2. The molecule has 2 amide bonds. The van der Waals surface area contributed by atoms with E-state index < -0.39 is 12.2 Å². The second-order valence-electron chi connectivity index (χ2n) is 7.49. The highest BCUT2D eigenvalue weighted by molar-refractivity contribution is 7.18. The molecule has 0 bridgehead atoms. The van der Waals surface area contributed by atoms with Crippen LogP contribution in [0.5, 0.6) is 5.75 Å². The Labute approximate surface area is 187 Å². The number of benzene rings is 1. The number of morpholine rings is 1. The fraction of sp³-hybridized carbons (Fsp3) is 0.381. The Hall–Kier alpha value is -2.62. The van der Waals surface area contributed by atoms with E-state index in [1.54, 1.807) is 40.1 Å². The van der Waals surface area contributed by atoms with Gasteiger partial charge in [-0.1, -0.05) is 11.6 Å². The first kappa shape index (κ1) is 20.3. The summed E-state index contributed by atoms with van der Waals surface area (Å²) in [6.45, 7) is 1.25. The predicted octanol–water partition coefficient (Wildman–Crippen LogP) is 3.51. The number of carbonyl (C=O) groups excluding carboxylic acids is 3. The molecule has 2 fully saturated rings. The summed E-state index contributed by atoms with van der Waals surface area (Å²) < 4.78 is 17.2. The highest BCUT2D eigenvalue weighted by Gasteiger charge is 2.46. The van der Waals surface area contributed by atoms with Crippen LogP contribution in [0.2, 0.25) is 4.34 Å².